The predicted octanol–water partition coefficient (Wildman–Crippen LogP) is 2.46. The van der Waals surface area contributed by atoms with E-state index in [2.05, 4.69) is 15.6 Å². The molecule has 0 radical (unpaired) electrons. The van der Waals surface area contributed by atoms with Crippen LogP contribution in [0.2, 0.25) is 0 Å². The Bertz CT molecular complexity index is 520. The molecule has 0 saturated heterocycles. The fraction of sp³-hybridized carbons (Fsp3) is 0.417. The molecule has 0 spiro atoms. The maximum Gasteiger partial charge on any atom is 0.347 e. The molecule has 2 amide bonds. The Balaban J connectivity index is 1.89. The van der Waals surface area contributed by atoms with E-state index < -0.39 is 5.97 Å². The van der Waals surface area contributed by atoms with Crippen molar-refractivity contribution in [2.45, 2.75) is 31.7 Å². The molecule has 102 valence electrons. The first-order valence-corrected chi connectivity index (χ1v) is 6.76. The van der Waals surface area contributed by atoms with Gasteiger partial charge in [0, 0.05) is 5.54 Å². The lowest BCUT2D eigenvalue weighted by Gasteiger charge is -2.15. The third kappa shape index (κ3) is 3.54. The Morgan fingerprint density at radius 1 is 1.58 bits per heavy atom. The zero-order valence-electron chi connectivity index (χ0n) is 10.5. The quantitative estimate of drug-likeness (QED) is 0.723. The first kappa shape index (κ1) is 13.5. The highest BCUT2D eigenvalue weighted by molar-refractivity contribution is 7.17. The third-order valence-corrected chi connectivity index (χ3v) is 3.81. The van der Waals surface area contributed by atoms with E-state index in [0.717, 1.165) is 30.6 Å². The number of aromatic carboxylic acids is 1. The minimum atomic E-state index is -1.04. The number of hydrogen-bond acceptors (Lipinski definition) is 4. The van der Waals surface area contributed by atoms with Crippen molar-refractivity contribution in [3.05, 3.63) is 23.2 Å². The second kappa shape index (κ2) is 5.40. The molecule has 6 nitrogen and oxygen atoms in total. The van der Waals surface area contributed by atoms with Gasteiger partial charge in [-0.2, -0.15) is 0 Å². The topological polar surface area (TPSA) is 91.3 Å². The van der Waals surface area contributed by atoms with Crippen LogP contribution in [0.15, 0.2) is 18.3 Å². The van der Waals surface area contributed by atoms with Crippen molar-refractivity contribution in [2.75, 3.05) is 5.32 Å². The number of thiazole rings is 1. The highest BCUT2D eigenvalue weighted by Crippen LogP contribution is 2.39. The predicted molar refractivity (Wildman–Crippen MR) is 72.6 cm³/mol. The Hall–Kier alpha value is -1.89. The number of carboxylic acids is 1. The largest absolute Gasteiger partial charge is 0.477 e. The van der Waals surface area contributed by atoms with E-state index >= 15 is 0 Å². The van der Waals surface area contributed by atoms with E-state index in [-0.39, 0.29) is 21.6 Å². The highest BCUT2D eigenvalue weighted by Gasteiger charge is 2.42. The summed E-state index contributed by atoms with van der Waals surface area (Å²) in [6, 6.07) is -0.340. The van der Waals surface area contributed by atoms with Crippen LogP contribution in [-0.2, 0) is 0 Å². The number of carboxylic acid groups (broad SMARTS) is 1. The van der Waals surface area contributed by atoms with Crippen LogP contribution in [0, 0.1) is 0 Å². The van der Waals surface area contributed by atoms with Gasteiger partial charge in [-0.3, -0.25) is 5.32 Å². The van der Waals surface area contributed by atoms with E-state index in [1.165, 1.54) is 6.20 Å². The van der Waals surface area contributed by atoms with Crippen molar-refractivity contribution in [3.63, 3.8) is 0 Å². The Morgan fingerprint density at radius 3 is 2.84 bits per heavy atom. The first-order chi connectivity index (χ1) is 9.04. The molecule has 1 aliphatic carbocycles. The van der Waals surface area contributed by atoms with E-state index in [9.17, 15) is 9.59 Å². The standard InChI is InChI=1S/C12H15N3O3S/c1-2-3-4-12(5-6-12)15-10(18)14-11-13-7-8(19-11)9(16)17/h2-3,7H,4-6H2,1H3,(H,16,17)(H2,13,14,15,18)/b3-2-. The number of anilines is 1. The molecule has 0 bridgehead atoms. The number of nitrogens with one attached hydrogen (secondary N) is 2. The monoisotopic (exact) mass is 281 g/mol. The van der Waals surface area contributed by atoms with Crippen molar-refractivity contribution in [1.82, 2.24) is 10.3 Å². The van der Waals surface area contributed by atoms with Gasteiger partial charge in [0.1, 0.15) is 4.88 Å². The van der Waals surface area contributed by atoms with Gasteiger partial charge in [0.25, 0.3) is 0 Å². The summed E-state index contributed by atoms with van der Waals surface area (Å²) in [5, 5.41) is 14.5. The number of carbonyl (C=O) groups is 2. The van der Waals surface area contributed by atoms with Gasteiger partial charge >= 0.3 is 12.0 Å². The minimum Gasteiger partial charge on any atom is -0.477 e. The third-order valence-electron chi connectivity index (χ3n) is 2.91. The molecule has 1 fully saturated rings. The van der Waals surface area contributed by atoms with E-state index in [1.54, 1.807) is 0 Å². The number of amides is 2. The molecule has 1 aromatic heterocycles. The van der Waals surface area contributed by atoms with Gasteiger partial charge in [0.05, 0.1) is 6.20 Å². The van der Waals surface area contributed by atoms with E-state index in [1.807, 2.05) is 19.1 Å². The Kier molecular flexibility index (Phi) is 3.84. The number of nitrogens with zero attached hydrogens (tertiary/aromatic N) is 1. The average molecular weight is 281 g/mol. The van der Waals surface area contributed by atoms with Crippen LogP contribution >= 0.6 is 11.3 Å². The van der Waals surface area contributed by atoms with Gasteiger partial charge < -0.3 is 10.4 Å². The Morgan fingerprint density at radius 2 is 2.32 bits per heavy atom. The number of rotatable bonds is 5. The number of hydrogen-bond donors (Lipinski definition) is 3. The molecule has 0 aliphatic heterocycles. The van der Waals surface area contributed by atoms with Crippen LogP contribution in [0.4, 0.5) is 9.93 Å². The van der Waals surface area contributed by atoms with Gasteiger partial charge in [0.2, 0.25) is 0 Å². The summed E-state index contributed by atoms with van der Waals surface area (Å²) in [5.41, 5.74) is -0.135. The van der Waals surface area contributed by atoms with Crippen molar-refractivity contribution in [2.24, 2.45) is 0 Å². The summed E-state index contributed by atoms with van der Waals surface area (Å²) >= 11 is 0.937. The second-order valence-corrected chi connectivity index (χ2v) is 5.50. The SMILES string of the molecule is C/C=C\CC1(NC(=O)Nc2ncc(C(=O)O)s2)CC1. The number of carbonyl (C=O) groups excluding carboxylic acids is 1. The summed E-state index contributed by atoms with van der Waals surface area (Å²) in [7, 11) is 0. The van der Waals surface area contributed by atoms with Crippen LogP contribution < -0.4 is 10.6 Å². The van der Waals surface area contributed by atoms with Gasteiger partial charge in [-0.05, 0) is 26.2 Å². The fourth-order valence-corrected chi connectivity index (χ4v) is 2.32. The van der Waals surface area contributed by atoms with Crippen LogP contribution in [0.3, 0.4) is 0 Å². The molecule has 3 N–H and O–H groups in total. The molecule has 1 saturated carbocycles. The number of allylic oxidation sites excluding steroid dienone is 1. The van der Waals surface area contributed by atoms with Gasteiger partial charge in [-0.25, -0.2) is 14.6 Å². The lowest BCUT2D eigenvalue weighted by molar-refractivity contribution is 0.0702. The van der Waals surface area contributed by atoms with Gasteiger partial charge in [-0.1, -0.05) is 23.5 Å². The summed E-state index contributed by atoms with van der Waals surface area (Å²) in [5.74, 6) is -1.04. The Labute approximate surface area is 114 Å². The van der Waals surface area contributed by atoms with Gasteiger partial charge in [0.15, 0.2) is 5.13 Å². The zero-order valence-corrected chi connectivity index (χ0v) is 11.3. The minimum absolute atomic E-state index is 0.102. The molecule has 19 heavy (non-hydrogen) atoms. The summed E-state index contributed by atoms with van der Waals surface area (Å²) in [6.45, 7) is 1.94. The molecular weight excluding hydrogens is 266 g/mol. The molecule has 1 aliphatic rings. The number of urea groups is 1. The maximum absolute atomic E-state index is 11.8. The lowest BCUT2D eigenvalue weighted by atomic mass is 10.2. The molecular formula is C12H15N3O3S. The summed E-state index contributed by atoms with van der Waals surface area (Å²) in [6.07, 6.45) is 7.95. The molecule has 2 rings (SSSR count). The maximum atomic E-state index is 11.8. The second-order valence-electron chi connectivity index (χ2n) is 4.47. The lowest BCUT2D eigenvalue weighted by Crippen LogP contribution is -2.39. The molecule has 0 atom stereocenters. The van der Waals surface area contributed by atoms with Crippen molar-refractivity contribution < 1.29 is 14.7 Å². The summed E-state index contributed by atoms with van der Waals surface area (Å²) < 4.78 is 0. The molecule has 1 aromatic rings. The van der Waals surface area contributed by atoms with E-state index in [4.69, 9.17) is 5.11 Å². The smallest absolute Gasteiger partial charge is 0.347 e. The van der Waals surface area contributed by atoms with Crippen molar-refractivity contribution in [3.8, 4) is 0 Å². The number of aromatic nitrogens is 1. The van der Waals surface area contributed by atoms with Gasteiger partial charge in [-0.15, -0.1) is 0 Å². The normalized spacial score (nSPS) is 16.3. The molecule has 0 aromatic carbocycles. The first-order valence-electron chi connectivity index (χ1n) is 5.94. The van der Waals surface area contributed by atoms with Crippen LogP contribution in [-0.4, -0.2) is 27.6 Å². The van der Waals surface area contributed by atoms with Crippen LogP contribution in [0.5, 0.6) is 0 Å². The average Bonchev–Trinajstić information content (AvgIpc) is 2.94. The van der Waals surface area contributed by atoms with Crippen LogP contribution in [0.1, 0.15) is 35.9 Å². The van der Waals surface area contributed by atoms with Crippen molar-refractivity contribution in [1.29, 1.82) is 0 Å². The molecule has 7 heteroatoms. The summed E-state index contributed by atoms with van der Waals surface area (Å²) in [4.78, 5) is 26.4. The van der Waals surface area contributed by atoms with Crippen molar-refractivity contribution >= 4 is 28.5 Å². The zero-order chi connectivity index (χ0) is 13.9. The van der Waals surface area contributed by atoms with E-state index in [0.29, 0.717) is 0 Å². The highest BCUT2D eigenvalue weighted by atomic mass is 32.1. The molecule has 1 heterocycles. The fourth-order valence-electron chi connectivity index (χ4n) is 1.67. The molecule has 0 unspecified atom stereocenters. The van der Waals surface area contributed by atoms with Crippen LogP contribution in [0.25, 0.3) is 0 Å².